The number of benzene rings is 2. The molecule has 1 unspecified atom stereocenters. The predicted molar refractivity (Wildman–Crippen MR) is 104 cm³/mol. The zero-order valence-electron chi connectivity index (χ0n) is 15.9. The normalized spacial score (nSPS) is 11.8. The van der Waals surface area contributed by atoms with Crippen molar-refractivity contribution < 1.29 is 18.3 Å². The van der Waals surface area contributed by atoms with E-state index in [9.17, 15) is 9.18 Å². The minimum absolute atomic E-state index is 0.0576. The van der Waals surface area contributed by atoms with Gasteiger partial charge in [-0.15, -0.1) is 0 Å². The predicted octanol–water partition coefficient (Wildman–Crippen LogP) is 4.69. The molecule has 146 valence electrons. The molecule has 1 atom stereocenters. The van der Waals surface area contributed by atoms with Crippen LogP contribution in [0.4, 0.5) is 4.39 Å². The molecule has 5 nitrogen and oxygen atoms in total. The van der Waals surface area contributed by atoms with Gasteiger partial charge >= 0.3 is 0 Å². The van der Waals surface area contributed by atoms with Crippen LogP contribution in [0.25, 0.3) is 11.3 Å². The maximum Gasteiger partial charge on any atom is 0.220 e. The van der Waals surface area contributed by atoms with E-state index in [1.807, 2.05) is 31.2 Å². The van der Waals surface area contributed by atoms with Gasteiger partial charge in [-0.25, -0.2) is 9.37 Å². The van der Waals surface area contributed by atoms with Crippen LogP contribution in [-0.4, -0.2) is 18.0 Å². The summed E-state index contributed by atoms with van der Waals surface area (Å²) in [5.41, 5.74) is 1.78. The number of nitrogens with zero attached hydrogens (tertiary/aromatic N) is 1. The summed E-state index contributed by atoms with van der Waals surface area (Å²) in [4.78, 5) is 16.6. The molecule has 0 fully saturated rings. The molecule has 1 aromatic heterocycles. The van der Waals surface area contributed by atoms with E-state index in [1.54, 1.807) is 25.4 Å². The first-order valence-corrected chi connectivity index (χ1v) is 9.23. The zero-order chi connectivity index (χ0) is 19.9. The minimum atomic E-state index is -0.303. The van der Waals surface area contributed by atoms with Gasteiger partial charge in [0.2, 0.25) is 5.91 Å². The van der Waals surface area contributed by atoms with Crippen molar-refractivity contribution in [2.24, 2.45) is 0 Å². The van der Waals surface area contributed by atoms with Crippen LogP contribution in [0, 0.1) is 5.82 Å². The van der Waals surface area contributed by atoms with Crippen LogP contribution < -0.4 is 10.1 Å². The largest absolute Gasteiger partial charge is 0.497 e. The van der Waals surface area contributed by atoms with Crippen LogP contribution in [0.3, 0.4) is 0 Å². The molecular formula is C22H23FN2O3. The number of rotatable bonds is 8. The molecule has 6 heteroatoms. The smallest absolute Gasteiger partial charge is 0.220 e. The molecule has 0 spiro atoms. The summed E-state index contributed by atoms with van der Waals surface area (Å²) >= 11 is 0. The van der Waals surface area contributed by atoms with Crippen LogP contribution >= 0.6 is 0 Å². The average molecular weight is 382 g/mol. The maximum absolute atomic E-state index is 13.0. The third-order valence-corrected chi connectivity index (χ3v) is 4.51. The van der Waals surface area contributed by atoms with Crippen molar-refractivity contribution in [3.8, 4) is 17.1 Å². The van der Waals surface area contributed by atoms with Crippen LogP contribution in [0.15, 0.2) is 59.1 Å². The standard InChI is InChI=1S/C22H23FN2O3/c1-3-19(15-6-10-18(27-2)11-7-15)25-21(26)12-13-22-24-14-20(28-22)16-4-8-17(23)9-5-16/h4-11,14,19H,3,12-13H2,1-2H3,(H,25,26). The van der Waals surface area contributed by atoms with Crippen molar-refractivity contribution in [1.82, 2.24) is 10.3 Å². The highest BCUT2D eigenvalue weighted by atomic mass is 19.1. The Kier molecular flexibility index (Phi) is 6.42. The van der Waals surface area contributed by atoms with Gasteiger partial charge in [-0.1, -0.05) is 19.1 Å². The fourth-order valence-electron chi connectivity index (χ4n) is 2.92. The Labute approximate surface area is 163 Å². The van der Waals surface area contributed by atoms with Crippen molar-refractivity contribution >= 4 is 5.91 Å². The quantitative estimate of drug-likeness (QED) is 0.614. The molecule has 2 aromatic carbocycles. The lowest BCUT2D eigenvalue weighted by Crippen LogP contribution is -2.28. The van der Waals surface area contributed by atoms with E-state index in [1.165, 1.54) is 12.1 Å². The van der Waals surface area contributed by atoms with Crippen molar-refractivity contribution in [2.75, 3.05) is 7.11 Å². The highest BCUT2D eigenvalue weighted by Gasteiger charge is 2.14. The number of oxazole rings is 1. The third kappa shape index (κ3) is 4.97. The molecular weight excluding hydrogens is 359 g/mol. The van der Waals surface area contributed by atoms with E-state index in [2.05, 4.69) is 10.3 Å². The van der Waals surface area contributed by atoms with Crippen molar-refractivity contribution in [1.29, 1.82) is 0 Å². The molecule has 0 aliphatic rings. The summed E-state index contributed by atoms with van der Waals surface area (Å²) in [5, 5.41) is 3.04. The molecule has 1 heterocycles. The molecule has 0 saturated heterocycles. The second-order valence-electron chi connectivity index (χ2n) is 6.43. The van der Waals surface area contributed by atoms with Gasteiger partial charge < -0.3 is 14.5 Å². The molecule has 0 radical (unpaired) electrons. The number of halogens is 1. The zero-order valence-corrected chi connectivity index (χ0v) is 15.9. The topological polar surface area (TPSA) is 64.4 Å². The van der Waals surface area contributed by atoms with Crippen molar-refractivity contribution in [3.63, 3.8) is 0 Å². The molecule has 3 rings (SSSR count). The third-order valence-electron chi connectivity index (χ3n) is 4.51. The lowest BCUT2D eigenvalue weighted by atomic mass is 10.0. The Morgan fingerprint density at radius 2 is 1.89 bits per heavy atom. The van der Waals surface area contributed by atoms with E-state index >= 15 is 0 Å². The molecule has 3 aromatic rings. The summed E-state index contributed by atoms with van der Waals surface area (Å²) in [6.45, 7) is 2.03. The van der Waals surface area contributed by atoms with E-state index in [4.69, 9.17) is 9.15 Å². The number of carbonyl (C=O) groups excluding carboxylic acids is 1. The fourth-order valence-corrected chi connectivity index (χ4v) is 2.92. The first-order valence-electron chi connectivity index (χ1n) is 9.23. The van der Waals surface area contributed by atoms with Crippen LogP contribution in [0.2, 0.25) is 0 Å². The van der Waals surface area contributed by atoms with Gasteiger partial charge in [-0.05, 0) is 48.4 Å². The van der Waals surface area contributed by atoms with E-state index < -0.39 is 0 Å². The van der Waals surface area contributed by atoms with Gasteiger partial charge in [-0.2, -0.15) is 0 Å². The molecule has 28 heavy (non-hydrogen) atoms. The summed E-state index contributed by atoms with van der Waals surface area (Å²) < 4.78 is 23.9. The first kappa shape index (κ1) is 19.6. The SMILES string of the molecule is CCC(NC(=O)CCc1ncc(-c2ccc(F)cc2)o1)c1ccc(OC)cc1. The van der Waals surface area contributed by atoms with E-state index in [0.717, 1.165) is 23.3 Å². The van der Waals surface area contributed by atoms with Crippen molar-refractivity contribution in [3.05, 3.63) is 72.0 Å². The summed E-state index contributed by atoms with van der Waals surface area (Å²) in [5.74, 6) is 1.45. The van der Waals surface area contributed by atoms with Gasteiger partial charge in [0.25, 0.3) is 0 Å². The highest BCUT2D eigenvalue weighted by Crippen LogP contribution is 2.22. The Morgan fingerprint density at radius 3 is 2.54 bits per heavy atom. The first-order chi connectivity index (χ1) is 13.6. The Hall–Kier alpha value is -3.15. The fraction of sp³-hybridized carbons (Fsp3) is 0.273. The summed E-state index contributed by atoms with van der Waals surface area (Å²) in [6, 6.07) is 13.6. The van der Waals surface area contributed by atoms with Crippen LogP contribution in [0.1, 0.15) is 37.3 Å². The Bertz CT molecular complexity index is 904. The van der Waals surface area contributed by atoms with Gasteiger partial charge in [0, 0.05) is 18.4 Å². The minimum Gasteiger partial charge on any atom is -0.497 e. The maximum atomic E-state index is 13.0. The molecule has 1 N–H and O–H groups in total. The second kappa shape index (κ2) is 9.17. The number of hydrogen-bond acceptors (Lipinski definition) is 4. The Balaban J connectivity index is 1.55. The van der Waals surface area contributed by atoms with E-state index in [0.29, 0.717) is 18.1 Å². The molecule has 0 aliphatic carbocycles. The molecule has 1 amide bonds. The monoisotopic (exact) mass is 382 g/mol. The lowest BCUT2D eigenvalue weighted by molar-refractivity contribution is -0.121. The summed E-state index contributed by atoms with van der Waals surface area (Å²) in [6.07, 6.45) is 3.04. The van der Waals surface area contributed by atoms with Gasteiger partial charge in [0.1, 0.15) is 11.6 Å². The van der Waals surface area contributed by atoms with Crippen LogP contribution in [-0.2, 0) is 11.2 Å². The number of aromatic nitrogens is 1. The number of ether oxygens (including phenoxy) is 1. The number of methoxy groups -OCH3 is 1. The second-order valence-corrected chi connectivity index (χ2v) is 6.43. The van der Waals surface area contributed by atoms with Crippen LogP contribution in [0.5, 0.6) is 5.75 Å². The van der Waals surface area contributed by atoms with Gasteiger partial charge in [0.15, 0.2) is 11.7 Å². The molecule has 0 aliphatic heterocycles. The number of nitrogens with one attached hydrogen (secondary N) is 1. The highest BCUT2D eigenvalue weighted by molar-refractivity contribution is 5.76. The molecule has 0 bridgehead atoms. The number of carbonyl (C=O) groups is 1. The average Bonchev–Trinajstić information content (AvgIpc) is 3.20. The molecule has 0 saturated carbocycles. The Morgan fingerprint density at radius 1 is 1.18 bits per heavy atom. The summed E-state index contributed by atoms with van der Waals surface area (Å²) in [7, 11) is 1.62. The lowest BCUT2D eigenvalue weighted by Gasteiger charge is -2.17. The number of aryl methyl sites for hydroxylation is 1. The number of amides is 1. The van der Waals surface area contributed by atoms with Gasteiger partial charge in [-0.3, -0.25) is 4.79 Å². The van der Waals surface area contributed by atoms with E-state index in [-0.39, 0.29) is 24.2 Å². The van der Waals surface area contributed by atoms with Crippen molar-refractivity contribution in [2.45, 2.75) is 32.2 Å². The number of hydrogen-bond donors (Lipinski definition) is 1. The van der Waals surface area contributed by atoms with Gasteiger partial charge in [0.05, 0.1) is 19.3 Å².